The van der Waals surface area contributed by atoms with Crippen molar-refractivity contribution in [3.8, 4) is 0 Å². The van der Waals surface area contributed by atoms with Crippen LogP contribution in [0.15, 0.2) is 59.6 Å². The number of hydrogen-bond donors (Lipinski definition) is 1. The number of nitrogens with one attached hydrogen (secondary N) is 1. The van der Waals surface area contributed by atoms with Gasteiger partial charge in [0.1, 0.15) is 5.82 Å². The van der Waals surface area contributed by atoms with E-state index in [1.54, 1.807) is 42.5 Å². The number of nitrogens with zero attached hydrogens (tertiary/aromatic N) is 1. The zero-order valence-electron chi connectivity index (χ0n) is 11.7. The second-order valence-corrected chi connectivity index (χ2v) is 6.66. The highest BCUT2D eigenvalue weighted by Crippen LogP contribution is 2.21. The number of sulfonamides is 1. The van der Waals surface area contributed by atoms with Gasteiger partial charge in [-0.25, -0.2) is 12.8 Å². The largest absolute Gasteiger partial charge is 0.280 e. The minimum atomic E-state index is -3.66. The van der Waals surface area contributed by atoms with E-state index >= 15 is 0 Å². The normalized spacial score (nSPS) is 11.5. The number of pyridine rings is 1. The predicted molar refractivity (Wildman–Crippen MR) is 83.7 cm³/mol. The van der Waals surface area contributed by atoms with Crippen LogP contribution in [-0.4, -0.2) is 13.4 Å². The molecule has 0 saturated carbocycles. The molecule has 0 radical (unpaired) electrons. The monoisotopic (exact) mass is 316 g/mol. The zero-order valence-corrected chi connectivity index (χ0v) is 12.6. The molecule has 0 atom stereocenters. The molecule has 0 fully saturated rings. The predicted octanol–water partition coefficient (Wildman–Crippen LogP) is 3.48. The molecule has 0 saturated heterocycles. The molecule has 0 bridgehead atoms. The van der Waals surface area contributed by atoms with E-state index in [1.165, 1.54) is 6.07 Å². The summed E-state index contributed by atoms with van der Waals surface area (Å²) in [5, 5.41) is 0.610. The van der Waals surface area contributed by atoms with Gasteiger partial charge < -0.3 is 0 Å². The quantitative estimate of drug-likeness (QED) is 0.805. The third-order valence-corrected chi connectivity index (χ3v) is 4.63. The Hall–Kier alpha value is -2.47. The molecule has 4 nitrogen and oxygen atoms in total. The number of fused-ring (bicyclic) bond motifs is 1. The van der Waals surface area contributed by atoms with Crippen molar-refractivity contribution in [3.63, 3.8) is 0 Å². The summed E-state index contributed by atoms with van der Waals surface area (Å²) in [6, 6.07) is 12.7. The molecular weight excluding hydrogens is 303 g/mol. The SMILES string of the molecule is Cc1ccc(S(=O)(=O)Nc2ccc3cc(F)cnc3c2)cc1. The van der Waals surface area contributed by atoms with Gasteiger partial charge in [-0.05, 0) is 37.3 Å². The van der Waals surface area contributed by atoms with E-state index in [2.05, 4.69) is 9.71 Å². The molecule has 2 aromatic carbocycles. The first-order chi connectivity index (χ1) is 10.4. The van der Waals surface area contributed by atoms with Crippen LogP contribution in [0.2, 0.25) is 0 Å². The third kappa shape index (κ3) is 2.92. The number of rotatable bonds is 3. The lowest BCUT2D eigenvalue weighted by Crippen LogP contribution is -2.12. The molecule has 1 N–H and O–H groups in total. The van der Waals surface area contributed by atoms with Gasteiger partial charge in [0, 0.05) is 5.39 Å². The van der Waals surface area contributed by atoms with Crippen molar-refractivity contribution in [1.29, 1.82) is 0 Å². The standard InChI is InChI=1S/C16H13FN2O2S/c1-11-2-6-15(7-3-11)22(20,21)19-14-5-4-12-8-13(17)10-18-16(12)9-14/h2-10,19H,1H3. The average molecular weight is 316 g/mol. The van der Waals surface area contributed by atoms with Crippen molar-refractivity contribution in [2.24, 2.45) is 0 Å². The summed E-state index contributed by atoms with van der Waals surface area (Å²) in [6.07, 6.45) is 1.10. The first kappa shape index (κ1) is 14.5. The number of benzene rings is 2. The van der Waals surface area contributed by atoms with Crippen LogP contribution < -0.4 is 4.72 Å². The Labute approximate surface area is 127 Å². The second-order valence-electron chi connectivity index (χ2n) is 4.98. The molecule has 3 aromatic rings. The lowest BCUT2D eigenvalue weighted by atomic mass is 10.2. The Balaban J connectivity index is 1.95. The summed E-state index contributed by atoms with van der Waals surface area (Å²) in [4.78, 5) is 4.13. The first-order valence-corrected chi connectivity index (χ1v) is 8.07. The summed E-state index contributed by atoms with van der Waals surface area (Å²) in [7, 11) is -3.66. The Kier molecular flexibility index (Phi) is 3.54. The fraction of sp³-hybridized carbons (Fsp3) is 0.0625. The maximum atomic E-state index is 13.1. The van der Waals surface area contributed by atoms with E-state index < -0.39 is 15.8 Å². The molecule has 3 rings (SSSR count). The van der Waals surface area contributed by atoms with Gasteiger partial charge in [0.2, 0.25) is 0 Å². The highest BCUT2D eigenvalue weighted by Gasteiger charge is 2.14. The van der Waals surface area contributed by atoms with E-state index in [-0.39, 0.29) is 4.90 Å². The van der Waals surface area contributed by atoms with Crippen molar-refractivity contribution in [3.05, 3.63) is 66.1 Å². The first-order valence-electron chi connectivity index (χ1n) is 6.59. The van der Waals surface area contributed by atoms with Crippen LogP contribution in [0.4, 0.5) is 10.1 Å². The van der Waals surface area contributed by atoms with Crippen molar-refractivity contribution in [2.45, 2.75) is 11.8 Å². The van der Waals surface area contributed by atoms with Crippen molar-refractivity contribution in [1.82, 2.24) is 4.98 Å². The lowest BCUT2D eigenvalue weighted by Gasteiger charge is -2.09. The zero-order chi connectivity index (χ0) is 15.7. The number of anilines is 1. The molecule has 1 aromatic heterocycles. The van der Waals surface area contributed by atoms with Crippen molar-refractivity contribution < 1.29 is 12.8 Å². The molecule has 0 aliphatic carbocycles. The van der Waals surface area contributed by atoms with Gasteiger partial charge in [-0.3, -0.25) is 9.71 Å². The van der Waals surface area contributed by atoms with E-state index in [0.717, 1.165) is 11.8 Å². The molecule has 0 unspecified atom stereocenters. The van der Waals surface area contributed by atoms with Crippen molar-refractivity contribution >= 4 is 26.6 Å². The lowest BCUT2D eigenvalue weighted by molar-refractivity contribution is 0.601. The molecule has 6 heteroatoms. The molecular formula is C16H13FN2O2S. The van der Waals surface area contributed by atoms with Gasteiger partial charge >= 0.3 is 0 Å². The summed E-state index contributed by atoms with van der Waals surface area (Å²) in [5.41, 5.74) is 1.88. The fourth-order valence-corrected chi connectivity index (χ4v) is 3.14. The Morgan fingerprint density at radius 2 is 1.77 bits per heavy atom. The van der Waals surface area contributed by atoms with Crippen LogP contribution in [0.3, 0.4) is 0 Å². The average Bonchev–Trinajstić information content (AvgIpc) is 2.47. The Morgan fingerprint density at radius 3 is 2.50 bits per heavy atom. The van der Waals surface area contributed by atoms with Gasteiger partial charge in [0.25, 0.3) is 10.0 Å². The number of halogens is 1. The maximum Gasteiger partial charge on any atom is 0.261 e. The van der Waals surface area contributed by atoms with E-state index in [0.29, 0.717) is 16.6 Å². The minimum absolute atomic E-state index is 0.185. The van der Waals surface area contributed by atoms with Gasteiger partial charge in [-0.2, -0.15) is 0 Å². The smallest absolute Gasteiger partial charge is 0.261 e. The van der Waals surface area contributed by atoms with Gasteiger partial charge in [-0.1, -0.05) is 23.8 Å². The third-order valence-electron chi connectivity index (χ3n) is 3.23. The highest BCUT2D eigenvalue weighted by molar-refractivity contribution is 7.92. The number of aromatic nitrogens is 1. The van der Waals surface area contributed by atoms with Crippen LogP contribution >= 0.6 is 0 Å². The molecule has 22 heavy (non-hydrogen) atoms. The van der Waals surface area contributed by atoms with Crippen LogP contribution in [0.5, 0.6) is 0 Å². The minimum Gasteiger partial charge on any atom is -0.280 e. The fourth-order valence-electron chi connectivity index (χ4n) is 2.09. The molecule has 0 aliphatic heterocycles. The Morgan fingerprint density at radius 1 is 1.05 bits per heavy atom. The maximum absolute atomic E-state index is 13.1. The van der Waals surface area contributed by atoms with Crippen LogP contribution in [0.25, 0.3) is 10.9 Å². The number of hydrogen-bond acceptors (Lipinski definition) is 3. The summed E-state index contributed by atoms with van der Waals surface area (Å²) in [6.45, 7) is 1.89. The van der Waals surface area contributed by atoms with Gasteiger partial charge in [-0.15, -0.1) is 0 Å². The summed E-state index contributed by atoms with van der Waals surface area (Å²) >= 11 is 0. The molecule has 112 valence electrons. The van der Waals surface area contributed by atoms with Gasteiger partial charge in [0.15, 0.2) is 0 Å². The molecule has 0 amide bonds. The van der Waals surface area contributed by atoms with Crippen LogP contribution in [0, 0.1) is 12.7 Å². The van der Waals surface area contributed by atoms with E-state index in [1.807, 2.05) is 6.92 Å². The molecule has 0 spiro atoms. The van der Waals surface area contributed by atoms with Crippen LogP contribution in [-0.2, 0) is 10.0 Å². The molecule has 0 aliphatic rings. The van der Waals surface area contributed by atoms with Gasteiger partial charge in [0.05, 0.1) is 22.3 Å². The van der Waals surface area contributed by atoms with E-state index in [9.17, 15) is 12.8 Å². The van der Waals surface area contributed by atoms with E-state index in [4.69, 9.17) is 0 Å². The van der Waals surface area contributed by atoms with Crippen molar-refractivity contribution in [2.75, 3.05) is 4.72 Å². The molecule has 1 heterocycles. The second kappa shape index (κ2) is 5.38. The highest BCUT2D eigenvalue weighted by atomic mass is 32.2. The topological polar surface area (TPSA) is 59.1 Å². The summed E-state index contributed by atoms with van der Waals surface area (Å²) < 4.78 is 40.2. The van der Waals surface area contributed by atoms with Crippen LogP contribution in [0.1, 0.15) is 5.56 Å². The Bertz CT molecular complexity index is 938. The summed E-state index contributed by atoms with van der Waals surface area (Å²) in [5.74, 6) is -0.430. The number of aryl methyl sites for hydroxylation is 1.